The number of ketones is 1. The first-order chi connectivity index (χ1) is 13.2. The Balaban J connectivity index is 1.28. The van der Waals surface area contributed by atoms with Crippen LogP contribution in [0, 0.1) is 23.2 Å². The maximum atomic E-state index is 12.9. The number of ether oxygens (including phenoxy) is 1. The zero-order chi connectivity index (χ0) is 18.3. The Morgan fingerprint density at radius 2 is 1.44 bits per heavy atom. The van der Waals surface area contributed by atoms with Gasteiger partial charge in [0.1, 0.15) is 5.75 Å². The first kappa shape index (κ1) is 17.0. The van der Waals surface area contributed by atoms with E-state index in [1.54, 1.807) is 0 Å². The lowest BCUT2D eigenvalue weighted by Crippen LogP contribution is -2.46. The largest absolute Gasteiger partial charge is 0.493 e. The van der Waals surface area contributed by atoms with E-state index in [0.717, 1.165) is 42.1 Å². The van der Waals surface area contributed by atoms with Gasteiger partial charge in [0.2, 0.25) is 0 Å². The van der Waals surface area contributed by atoms with Crippen LogP contribution in [0.25, 0.3) is 0 Å². The van der Waals surface area contributed by atoms with Crippen LogP contribution in [0.5, 0.6) is 5.75 Å². The number of hydrogen-bond donors (Lipinski definition) is 0. The van der Waals surface area contributed by atoms with Crippen molar-refractivity contribution in [2.75, 3.05) is 6.61 Å². The Morgan fingerprint density at radius 1 is 0.852 bits per heavy atom. The van der Waals surface area contributed by atoms with Gasteiger partial charge in [-0.2, -0.15) is 0 Å². The summed E-state index contributed by atoms with van der Waals surface area (Å²) in [6, 6.07) is 17.2. The minimum Gasteiger partial charge on any atom is -0.493 e. The van der Waals surface area contributed by atoms with Crippen molar-refractivity contribution in [1.82, 2.24) is 0 Å². The highest BCUT2D eigenvalue weighted by molar-refractivity contribution is 6.10. The first-order valence-electron chi connectivity index (χ1n) is 10.5. The van der Waals surface area contributed by atoms with Gasteiger partial charge in [-0.25, -0.2) is 0 Å². The van der Waals surface area contributed by atoms with E-state index < -0.39 is 0 Å². The van der Waals surface area contributed by atoms with E-state index in [2.05, 4.69) is 0 Å². The molecule has 4 saturated carbocycles. The minimum atomic E-state index is 0.0426. The molecule has 0 unspecified atom stereocenters. The second kappa shape index (κ2) is 6.82. The molecule has 0 heterocycles. The molecule has 4 aliphatic rings. The quantitative estimate of drug-likeness (QED) is 0.599. The molecule has 2 nitrogen and oxygen atoms in total. The molecule has 2 heteroatoms. The summed E-state index contributed by atoms with van der Waals surface area (Å²) in [5.74, 6) is 3.70. The molecule has 0 radical (unpaired) electrons. The molecule has 2 aromatic rings. The fraction of sp³-hybridized carbons (Fsp3) is 0.480. The predicted molar refractivity (Wildman–Crippen MR) is 107 cm³/mol. The number of benzene rings is 2. The van der Waals surface area contributed by atoms with Gasteiger partial charge >= 0.3 is 0 Å². The van der Waals surface area contributed by atoms with Gasteiger partial charge in [0.25, 0.3) is 0 Å². The average Bonchev–Trinajstić information content (AvgIpc) is 2.67. The van der Waals surface area contributed by atoms with Gasteiger partial charge in [0.15, 0.2) is 5.78 Å². The molecule has 2 aromatic carbocycles. The van der Waals surface area contributed by atoms with Crippen LogP contribution in [-0.2, 0) is 0 Å². The van der Waals surface area contributed by atoms with Gasteiger partial charge in [0.05, 0.1) is 12.2 Å². The smallest absolute Gasteiger partial charge is 0.196 e. The number of para-hydroxylation sites is 1. The summed E-state index contributed by atoms with van der Waals surface area (Å²) < 4.78 is 6.20. The van der Waals surface area contributed by atoms with Crippen molar-refractivity contribution >= 4 is 5.78 Å². The Hall–Kier alpha value is -2.09. The SMILES string of the molecule is O=C(c1ccccc1)c1ccccc1OCCC12CC3CC(CC(C3)C1)C2. The summed E-state index contributed by atoms with van der Waals surface area (Å²) in [5, 5.41) is 0. The second-order valence-electron chi connectivity index (χ2n) is 9.21. The van der Waals surface area contributed by atoms with Crippen LogP contribution in [0.2, 0.25) is 0 Å². The lowest BCUT2D eigenvalue weighted by Gasteiger charge is -2.57. The van der Waals surface area contributed by atoms with E-state index in [9.17, 15) is 4.79 Å². The second-order valence-corrected chi connectivity index (χ2v) is 9.21. The third-order valence-corrected chi connectivity index (χ3v) is 7.22. The Bertz CT molecular complexity index is 788. The monoisotopic (exact) mass is 360 g/mol. The zero-order valence-corrected chi connectivity index (χ0v) is 15.9. The molecule has 0 saturated heterocycles. The van der Waals surface area contributed by atoms with E-state index in [1.165, 1.54) is 38.5 Å². The van der Waals surface area contributed by atoms with Crippen molar-refractivity contribution in [3.63, 3.8) is 0 Å². The van der Waals surface area contributed by atoms with Gasteiger partial charge < -0.3 is 4.74 Å². The molecule has 0 N–H and O–H groups in total. The van der Waals surface area contributed by atoms with Crippen molar-refractivity contribution in [1.29, 1.82) is 0 Å². The van der Waals surface area contributed by atoms with E-state index in [-0.39, 0.29) is 5.78 Å². The van der Waals surface area contributed by atoms with Gasteiger partial charge in [-0.15, -0.1) is 0 Å². The lowest BCUT2D eigenvalue weighted by atomic mass is 9.49. The molecule has 0 aliphatic heterocycles. The Labute approximate surface area is 161 Å². The van der Waals surface area contributed by atoms with Gasteiger partial charge in [-0.1, -0.05) is 42.5 Å². The molecule has 0 spiro atoms. The summed E-state index contributed by atoms with van der Waals surface area (Å²) in [4.78, 5) is 12.9. The highest BCUT2D eigenvalue weighted by Gasteiger charge is 2.50. The summed E-state index contributed by atoms with van der Waals surface area (Å²) in [6.07, 6.45) is 9.81. The number of hydrogen-bond acceptors (Lipinski definition) is 2. The summed E-state index contributed by atoms with van der Waals surface area (Å²) in [7, 11) is 0. The Morgan fingerprint density at radius 3 is 2.11 bits per heavy atom. The molecule has 0 aromatic heterocycles. The molecule has 4 fully saturated rings. The lowest BCUT2D eigenvalue weighted by molar-refractivity contribution is -0.0622. The summed E-state index contributed by atoms with van der Waals surface area (Å²) in [6.45, 7) is 0.727. The van der Waals surface area contributed by atoms with Crippen molar-refractivity contribution in [2.45, 2.75) is 44.9 Å². The minimum absolute atomic E-state index is 0.0426. The molecule has 4 bridgehead atoms. The van der Waals surface area contributed by atoms with Crippen LogP contribution in [0.1, 0.15) is 60.9 Å². The van der Waals surface area contributed by atoms with Crippen molar-refractivity contribution < 1.29 is 9.53 Å². The molecule has 0 amide bonds. The molecule has 27 heavy (non-hydrogen) atoms. The molecule has 140 valence electrons. The summed E-state index contributed by atoms with van der Waals surface area (Å²) in [5.41, 5.74) is 1.91. The fourth-order valence-electron chi connectivity index (χ4n) is 6.50. The standard InChI is InChI=1S/C25H28O2/c26-24(21-6-2-1-3-7-21)22-8-4-5-9-23(22)27-11-10-25-15-18-12-19(16-25)14-20(13-18)17-25/h1-9,18-20H,10-17H2. The van der Waals surface area contributed by atoms with Gasteiger partial charge in [0, 0.05) is 5.56 Å². The van der Waals surface area contributed by atoms with Crippen molar-refractivity contribution in [2.24, 2.45) is 23.2 Å². The van der Waals surface area contributed by atoms with Crippen LogP contribution in [0.3, 0.4) is 0 Å². The van der Waals surface area contributed by atoms with Crippen molar-refractivity contribution in [3.05, 3.63) is 65.7 Å². The van der Waals surface area contributed by atoms with Crippen LogP contribution < -0.4 is 4.74 Å². The topological polar surface area (TPSA) is 26.3 Å². The number of carbonyl (C=O) groups excluding carboxylic acids is 1. The maximum Gasteiger partial charge on any atom is 0.196 e. The normalized spacial score (nSPS) is 31.0. The third-order valence-electron chi connectivity index (χ3n) is 7.22. The average molecular weight is 360 g/mol. The first-order valence-corrected chi connectivity index (χ1v) is 10.5. The highest BCUT2D eigenvalue weighted by atomic mass is 16.5. The maximum absolute atomic E-state index is 12.9. The molecular formula is C25H28O2. The van der Waals surface area contributed by atoms with Gasteiger partial charge in [-0.3, -0.25) is 4.79 Å². The number of carbonyl (C=O) groups is 1. The van der Waals surface area contributed by atoms with Crippen LogP contribution >= 0.6 is 0 Å². The zero-order valence-electron chi connectivity index (χ0n) is 15.9. The van der Waals surface area contributed by atoms with Gasteiger partial charge in [-0.05, 0) is 80.2 Å². The Kier molecular flexibility index (Phi) is 4.30. The van der Waals surface area contributed by atoms with E-state index in [1.807, 2.05) is 54.6 Å². The van der Waals surface area contributed by atoms with Crippen LogP contribution in [0.15, 0.2) is 54.6 Å². The van der Waals surface area contributed by atoms with Crippen LogP contribution in [0.4, 0.5) is 0 Å². The fourth-order valence-corrected chi connectivity index (χ4v) is 6.50. The number of rotatable bonds is 6. The van der Waals surface area contributed by atoms with Crippen LogP contribution in [-0.4, -0.2) is 12.4 Å². The molecule has 4 aliphatic carbocycles. The van der Waals surface area contributed by atoms with Crippen molar-refractivity contribution in [3.8, 4) is 5.75 Å². The molecular weight excluding hydrogens is 332 g/mol. The van der Waals surface area contributed by atoms with E-state index in [4.69, 9.17) is 4.74 Å². The third kappa shape index (κ3) is 3.31. The van der Waals surface area contributed by atoms with E-state index in [0.29, 0.717) is 11.0 Å². The van der Waals surface area contributed by atoms with E-state index >= 15 is 0 Å². The molecule has 6 rings (SSSR count). The predicted octanol–water partition coefficient (Wildman–Crippen LogP) is 5.90. The summed E-state index contributed by atoms with van der Waals surface area (Å²) >= 11 is 0. The molecule has 0 atom stereocenters. The highest BCUT2D eigenvalue weighted by Crippen LogP contribution is 2.61.